The molecule has 0 saturated carbocycles. The minimum Gasteiger partial charge on any atom is -0.359 e. The van der Waals surface area contributed by atoms with Crippen LogP contribution < -0.4 is 5.32 Å². The lowest BCUT2D eigenvalue weighted by atomic mass is 10.1. The number of rotatable bonds is 3. The van der Waals surface area contributed by atoms with E-state index in [0.29, 0.717) is 18.6 Å². The van der Waals surface area contributed by atoms with Crippen molar-refractivity contribution >= 4 is 11.7 Å². The Balaban J connectivity index is 2.35. The average Bonchev–Trinajstić information content (AvgIpc) is 2.76. The lowest BCUT2D eigenvalue weighted by molar-refractivity contribution is -0.120. The third kappa shape index (κ3) is 2.11. The van der Waals surface area contributed by atoms with Crippen molar-refractivity contribution in [1.29, 1.82) is 0 Å². The van der Waals surface area contributed by atoms with E-state index in [0.717, 1.165) is 17.0 Å². The Morgan fingerprint density at radius 3 is 2.94 bits per heavy atom. The van der Waals surface area contributed by atoms with Crippen molar-refractivity contribution in [1.82, 2.24) is 24.9 Å². The molecule has 0 unspecified atom stereocenters. The number of carbonyl (C=O) groups is 1. The first-order valence-electron chi connectivity index (χ1n) is 5.50. The van der Waals surface area contributed by atoms with Gasteiger partial charge in [-0.3, -0.25) is 4.79 Å². The van der Waals surface area contributed by atoms with Gasteiger partial charge in [0.15, 0.2) is 0 Å². The lowest BCUT2D eigenvalue weighted by Crippen LogP contribution is -2.19. The summed E-state index contributed by atoms with van der Waals surface area (Å²) in [5.74, 6) is 0.631. The highest BCUT2D eigenvalue weighted by Crippen LogP contribution is 2.14. The monoisotopic (exact) mass is 233 g/mol. The molecule has 0 radical (unpaired) electrons. The van der Waals surface area contributed by atoms with Gasteiger partial charge in [-0.1, -0.05) is 0 Å². The van der Waals surface area contributed by atoms with Gasteiger partial charge in [0.25, 0.3) is 5.78 Å². The highest BCUT2D eigenvalue weighted by molar-refractivity contribution is 5.75. The molecule has 2 heterocycles. The molecule has 0 aliphatic carbocycles. The quantitative estimate of drug-likeness (QED) is 0.834. The van der Waals surface area contributed by atoms with Gasteiger partial charge in [-0.2, -0.15) is 10.1 Å². The molecular weight excluding hydrogens is 218 g/mol. The molecule has 0 spiro atoms. The highest BCUT2D eigenvalue weighted by atomic mass is 16.1. The summed E-state index contributed by atoms with van der Waals surface area (Å²) in [5.41, 5.74) is 2.97. The van der Waals surface area contributed by atoms with Crippen LogP contribution in [0.1, 0.15) is 23.4 Å². The molecule has 6 nitrogen and oxygen atoms in total. The second-order valence-corrected chi connectivity index (χ2v) is 3.91. The Labute approximate surface area is 99.1 Å². The highest BCUT2D eigenvalue weighted by Gasteiger charge is 2.11. The van der Waals surface area contributed by atoms with E-state index in [1.165, 1.54) is 6.33 Å². The van der Waals surface area contributed by atoms with Crippen LogP contribution in [-0.4, -0.2) is 32.5 Å². The normalized spacial score (nSPS) is 10.8. The molecule has 6 heteroatoms. The second kappa shape index (κ2) is 4.48. The molecule has 0 aromatic carbocycles. The molecule has 0 bridgehead atoms. The molecule has 0 saturated heterocycles. The number of hydrogen-bond acceptors (Lipinski definition) is 4. The van der Waals surface area contributed by atoms with Crippen molar-refractivity contribution in [3.05, 3.63) is 23.3 Å². The zero-order valence-electron chi connectivity index (χ0n) is 10.2. The topological polar surface area (TPSA) is 72.2 Å². The number of nitrogens with zero attached hydrogens (tertiary/aromatic N) is 4. The number of nitrogens with one attached hydrogen (secondary N) is 1. The van der Waals surface area contributed by atoms with Crippen molar-refractivity contribution in [2.75, 3.05) is 7.05 Å². The molecule has 0 atom stereocenters. The van der Waals surface area contributed by atoms with Crippen molar-refractivity contribution in [3.8, 4) is 0 Å². The minimum atomic E-state index is 0.0301. The maximum absolute atomic E-state index is 11.3. The standard InChI is InChI=1S/C11H15N5O/c1-7-9(4-5-10(17)12-3)8(2)16-11(15-7)13-6-14-16/h6H,4-5H2,1-3H3,(H,12,17). The zero-order chi connectivity index (χ0) is 12.4. The summed E-state index contributed by atoms with van der Waals surface area (Å²) in [7, 11) is 1.64. The van der Waals surface area contributed by atoms with Crippen LogP contribution in [-0.2, 0) is 11.2 Å². The Morgan fingerprint density at radius 2 is 2.24 bits per heavy atom. The number of fused-ring (bicyclic) bond motifs is 1. The lowest BCUT2D eigenvalue weighted by Gasteiger charge is -2.09. The van der Waals surface area contributed by atoms with E-state index in [4.69, 9.17) is 0 Å². The molecule has 2 aromatic rings. The van der Waals surface area contributed by atoms with E-state index in [2.05, 4.69) is 20.4 Å². The van der Waals surface area contributed by atoms with Crippen LogP contribution in [0.25, 0.3) is 5.78 Å². The first-order valence-corrected chi connectivity index (χ1v) is 5.50. The minimum absolute atomic E-state index is 0.0301. The van der Waals surface area contributed by atoms with E-state index in [-0.39, 0.29) is 5.91 Å². The van der Waals surface area contributed by atoms with Crippen LogP contribution >= 0.6 is 0 Å². The second-order valence-electron chi connectivity index (χ2n) is 3.91. The van der Waals surface area contributed by atoms with Crippen LogP contribution in [0.2, 0.25) is 0 Å². The van der Waals surface area contributed by atoms with E-state index in [1.807, 2.05) is 13.8 Å². The predicted molar refractivity (Wildman–Crippen MR) is 62.6 cm³/mol. The molecular formula is C11H15N5O. The molecule has 2 aromatic heterocycles. The number of hydrogen-bond donors (Lipinski definition) is 1. The third-order valence-electron chi connectivity index (χ3n) is 2.87. The maximum atomic E-state index is 11.3. The maximum Gasteiger partial charge on any atom is 0.252 e. The van der Waals surface area contributed by atoms with Gasteiger partial charge in [-0.05, 0) is 25.8 Å². The van der Waals surface area contributed by atoms with Gasteiger partial charge in [-0.15, -0.1) is 0 Å². The summed E-state index contributed by atoms with van der Waals surface area (Å²) in [6, 6.07) is 0. The molecule has 17 heavy (non-hydrogen) atoms. The molecule has 1 amide bonds. The van der Waals surface area contributed by atoms with Crippen molar-refractivity contribution in [2.45, 2.75) is 26.7 Å². The number of aromatic nitrogens is 4. The molecule has 1 N–H and O–H groups in total. The zero-order valence-corrected chi connectivity index (χ0v) is 10.2. The van der Waals surface area contributed by atoms with Crippen LogP contribution in [0.5, 0.6) is 0 Å². The molecule has 0 fully saturated rings. The van der Waals surface area contributed by atoms with Crippen molar-refractivity contribution in [3.63, 3.8) is 0 Å². The number of amides is 1. The van der Waals surface area contributed by atoms with Gasteiger partial charge in [0, 0.05) is 24.9 Å². The summed E-state index contributed by atoms with van der Waals surface area (Å²) >= 11 is 0. The number of aryl methyl sites for hydroxylation is 2. The van der Waals surface area contributed by atoms with Crippen LogP contribution in [0, 0.1) is 13.8 Å². The van der Waals surface area contributed by atoms with E-state index < -0.39 is 0 Å². The van der Waals surface area contributed by atoms with E-state index >= 15 is 0 Å². The SMILES string of the molecule is CNC(=O)CCc1c(C)nc2ncnn2c1C. The molecule has 0 aliphatic heterocycles. The smallest absolute Gasteiger partial charge is 0.252 e. The van der Waals surface area contributed by atoms with Crippen molar-refractivity contribution in [2.24, 2.45) is 0 Å². The van der Waals surface area contributed by atoms with Gasteiger partial charge in [0.05, 0.1) is 0 Å². The van der Waals surface area contributed by atoms with Gasteiger partial charge in [-0.25, -0.2) is 9.50 Å². The Bertz CT molecular complexity index is 560. The summed E-state index contributed by atoms with van der Waals surface area (Å²) in [6.45, 7) is 3.90. The van der Waals surface area contributed by atoms with Crippen LogP contribution in [0.3, 0.4) is 0 Å². The third-order valence-corrected chi connectivity index (χ3v) is 2.87. The molecule has 90 valence electrons. The molecule has 2 rings (SSSR count). The number of carbonyl (C=O) groups excluding carboxylic acids is 1. The van der Waals surface area contributed by atoms with Gasteiger partial charge in [0.1, 0.15) is 6.33 Å². The Kier molecular flexibility index (Phi) is 3.03. The van der Waals surface area contributed by atoms with Gasteiger partial charge < -0.3 is 5.32 Å². The van der Waals surface area contributed by atoms with Crippen LogP contribution in [0.4, 0.5) is 0 Å². The van der Waals surface area contributed by atoms with Gasteiger partial charge in [0.2, 0.25) is 5.91 Å². The van der Waals surface area contributed by atoms with Crippen molar-refractivity contribution < 1.29 is 4.79 Å². The molecule has 0 aliphatic rings. The fourth-order valence-electron chi connectivity index (χ4n) is 1.88. The summed E-state index contributed by atoms with van der Waals surface area (Å²) in [6.07, 6.45) is 2.61. The van der Waals surface area contributed by atoms with Crippen LogP contribution in [0.15, 0.2) is 6.33 Å². The Morgan fingerprint density at radius 1 is 1.47 bits per heavy atom. The van der Waals surface area contributed by atoms with E-state index in [1.54, 1.807) is 11.6 Å². The first kappa shape index (κ1) is 11.5. The fraction of sp³-hybridized carbons (Fsp3) is 0.455. The predicted octanol–water partition coefficient (Wildman–Crippen LogP) is 0.420. The Hall–Kier alpha value is -1.98. The van der Waals surface area contributed by atoms with Gasteiger partial charge >= 0.3 is 0 Å². The average molecular weight is 233 g/mol. The largest absolute Gasteiger partial charge is 0.359 e. The summed E-state index contributed by atoms with van der Waals surface area (Å²) < 4.78 is 1.70. The first-order chi connectivity index (χ1) is 8.13. The summed E-state index contributed by atoms with van der Waals surface area (Å²) in [4.78, 5) is 19.7. The van der Waals surface area contributed by atoms with E-state index in [9.17, 15) is 4.79 Å². The summed E-state index contributed by atoms with van der Waals surface area (Å²) in [5, 5.41) is 6.72. The fourth-order valence-corrected chi connectivity index (χ4v) is 1.88.